The first-order chi connectivity index (χ1) is 12.0. The number of nitro benzene ring substituents is 1. The number of benzene rings is 2. The predicted molar refractivity (Wildman–Crippen MR) is 97.0 cm³/mol. The Morgan fingerprint density at radius 2 is 1.96 bits per heavy atom. The zero-order valence-electron chi connectivity index (χ0n) is 13.8. The van der Waals surface area contributed by atoms with Gasteiger partial charge in [0.15, 0.2) is 0 Å². The summed E-state index contributed by atoms with van der Waals surface area (Å²) in [6, 6.07) is 11.6. The monoisotopic (exact) mass is 344 g/mol. The summed E-state index contributed by atoms with van der Waals surface area (Å²) in [7, 11) is 0. The molecule has 0 fully saturated rings. The minimum atomic E-state index is -0.506. The van der Waals surface area contributed by atoms with E-state index in [-0.39, 0.29) is 24.7 Å². The van der Waals surface area contributed by atoms with E-state index < -0.39 is 4.92 Å². The number of hydrogen-bond acceptors (Lipinski definition) is 6. The maximum absolute atomic E-state index is 12.1. The smallest absolute Gasteiger partial charge is 0.271 e. The minimum Gasteiger partial charge on any atom is -0.395 e. The number of anilines is 3. The number of rotatable bonds is 8. The van der Waals surface area contributed by atoms with Crippen molar-refractivity contribution in [3.8, 4) is 0 Å². The summed E-state index contributed by atoms with van der Waals surface area (Å²) in [6.45, 7) is 2.09. The van der Waals surface area contributed by atoms with E-state index in [9.17, 15) is 14.9 Å². The van der Waals surface area contributed by atoms with Gasteiger partial charge < -0.3 is 21.1 Å². The molecule has 4 N–H and O–H groups in total. The fraction of sp³-hybridized carbons (Fsp3) is 0.235. The van der Waals surface area contributed by atoms with Crippen molar-refractivity contribution in [1.29, 1.82) is 0 Å². The van der Waals surface area contributed by atoms with Gasteiger partial charge in [-0.3, -0.25) is 14.9 Å². The van der Waals surface area contributed by atoms with Crippen LogP contribution >= 0.6 is 0 Å². The number of aliphatic hydroxyl groups excluding tert-OH is 1. The molecular weight excluding hydrogens is 324 g/mol. The summed E-state index contributed by atoms with van der Waals surface area (Å²) in [5.74, 6) is -0.273. The number of hydrogen-bond donors (Lipinski definition) is 4. The van der Waals surface area contributed by atoms with E-state index in [4.69, 9.17) is 5.11 Å². The fourth-order valence-corrected chi connectivity index (χ4v) is 2.24. The summed E-state index contributed by atoms with van der Waals surface area (Å²) < 4.78 is 0. The van der Waals surface area contributed by atoms with E-state index in [0.29, 0.717) is 23.6 Å². The Balaban J connectivity index is 2.05. The van der Waals surface area contributed by atoms with Gasteiger partial charge in [0.25, 0.3) is 5.69 Å². The zero-order valence-corrected chi connectivity index (χ0v) is 13.8. The predicted octanol–water partition coefficient (Wildman–Crippen LogP) is 2.36. The molecule has 25 heavy (non-hydrogen) atoms. The molecule has 0 aliphatic rings. The molecule has 1 amide bonds. The number of nitrogens with one attached hydrogen (secondary N) is 3. The number of amides is 1. The molecule has 0 saturated carbocycles. The van der Waals surface area contributed by atoms with Gasteiger partial charge in [-0.25, -0.2) is 0 Å². The molecule has 0 unspecified atom stereocenters. The molecule has 0 radical (unpaired) electrons. The number of nitrogens with zero attached hydrogens (tertiary/aromatic N) is 1. The molecule has 0 saturated heterocycles. The van der Waals surface area contributed by atoms with Crippen LogP contribution < -0.4 is 16.0 Å². The minimum absolute atomic E-state index is 0.0527. The second kappa shape index (κ2) is 8.65. The Morgan fingerprint density at radius 3 is 2.64 bits per heavy atom. The van der Waals surface area contributed by atoms with Crippen molar-refractivity contribution in [1.82, 2.24) is 0 Å². The molecule has 0 atom stereocenters. The molecule has 0 aliphatic heterocycles. The number of carbonyl (C=O) groups excluding carboxylic acids is 1. The summed E-state index contributed by atoms with van der Waals surface area (Å²) in [4.78, 5) is 22.5. The first-order valence-corrected chi connectivity index (χ1v) is 7.73. The lowest BCUT2D eigenvalue weighted by Gasteiger charge is -2.13. The van der Waals surface area contributed by atoms with Crippen molar-refractivity contribution in [2.75, 3.05) is 35.6 Å². The molecule has 0 bridgehead atoms. The first kappa shape index (κ1) is 18.2. The molecule has 2 aromatic carbocycles. The lowest BCUT2D eigenvalue weighted by atomic mass is 10.2. The summed E-state index contributed by atoms with van der Waals surface area (Å²) in [5, 5.41) is 28.4. The number of carbonyl (C=O) groups is 1. The van der Waals surface area contributed by atoms with Gasteiger partial charge >= 0.3 is 0 Å². The van der Waals surface area contributed by atoms with E-state index in [2.05, 4.69) is 16.0 Å². The van der Waals surface area contributed by atoms with Gasteiger partial charge in [0, 0.05) is 24.4 Å². The molecule has 2 rings (SSSR count). The third-order valence-corrected chi connectivity index (χ3v) is 3.38. The number of nitro groups is 1. The van der Waals surface area contributed by atoms with E-state index in [0.717, 1.165) is 5.56 Å². The average molecular weight is 344 g/mol. The Kier molecular flexibility index (Phi) is 6.30. The quantitative estimate of drug-likeness (QED) is 0.431. The Hall–Kier alpha value is -3.13. The highest BCUT2D eigenvalue weighted by Gasteiger charge is 2.12. The molecule has 0 spiro atoms. The average Bonchev–Trinajstić information content (AvgIpc) is 2.58. The third-order valence-electron chi connectivity index (χ3n) is 3.38. The molecule has 0 aromatic heterocycles. The Labute approximate surface area is 145 Å². The number of non-ortho nitro benzene ring substituents is 1. The van der Waals surface area contributed by atoms with Gasteiger partial charge in [0.2, 0.25) is 5.91 Å². The van der Waals surface area contributed by atoms with Gasteiger partial charge in [0.05, 0.1) is 29.4 Å². The third kappa shape index (κ3) is 5.47. The van der Waals surface area contributed by atoms with Crippen molar-refractivity contribution in [3.05, 3.63) is 58.1 Å². The van der Waals surface area contributed by atoms with E-state index in [1.165, 1.54) is 18.2 Å². The van der Waals surface area contributed by atoms with Crippen LogP contribution in [0.25, 0.3) is 0 Å². The van der Waals surface area contributed by atoms with Gasteiger partial charge in [-0.15, -0.1) is 0 Å². The lowest BCUT2D eigenvalue weighted by molar-refractivity contribution is -0.384. The maximum atomic E-state index is 12.1. The Bertz CT molecular complexity index is 764. The van der Waals surface area contributed by atoms with Crippen molar-refractivity contribution in [2.24, 2.45) is 0 Å². The molecule has 8 heteroatoms. The van der Waals surface area contributed by atoms with Crippen molar-refractivity contribution in [3.63, 3.8) is 0 Å². The van der Waals surface area contributed by atoms with Crippen LogP contribution in [0.2, 0.25) is 0 Å². The van der Waals surface area contributed by atoms with Crippen LogP contribution in [0, 0.1) is 17.0 Å². The standard InChI is InChI=1S/C17H20N4O4/c1-12-3-2-4-13(9-12)20-17(23)11-19-16-10-14(21(24)25)5-6-15(16)18-7-8-22/h2-6,9-10,18-19,22H,7-8,11H2,1H3,(H,20,23). The van der Waals surface area contributed by atoms with Crippen LogP contribution in [0.3, 0.4) is 0 Å². The van der Waals surface area contributed by atoms with Crippen molar-refractivity contribution < 1.29 is 14.8 Å². The summed E-state index contributed by atoms with van der Waals surface area (Å²) in [6.07, 6.45) is 0. The number of aryl methyl sites for hydroxylation is 1. The van der Waals surface area contributed by atoms with Crippen LogP contribution in [0.4, 0.5) is 22.7 Å². The van der Waals surface area contributed by atoms with Gasteiger partial charge in [-0.1, -0.05) is 12.1 Å². The normalized spacial score (nSPS) is 10.2. The second-order valence-electron chi connectivity index (χ2n) is 5.41. The molecule has 8 nitrogen and oxygen atoms in total. The van der Waals surface area contributed by atoms with Crippen molar-refractivity contribution >= 4 is 28.7 Å². The topological polar surface area (TPSA) is 117 Å². The summed E-state index contributed by atoms with van der Waals surface area (Å²) >= 11 is 0. The van der Waals surface area contributed by atoms with Gasteiger partial charge in [0.1, 0.15) is 0 Å². The fourth-order valence-electron chi connectivity index (χ4n) is 2.24. The first-order valence-electron chi connectivity index (χ1n) is 7.73. The van der Waals surface area contributed by atoms with Crippen LogP contribution in [0.5, 0.6) is 0 Å². The van der Waals surface area contributed by atoms with Crippen LogP contribution in [-0.2, 0) is 4.79 Å². The second-order valence-corrected chi connectivity index (χ2v) is 5.41. The number of aliphatic hydroxyl groups is 1. The highest BCUT2D eigenvalue weighted by Crippen LogP contribution is 2.26. The van der Waals surface area contributed by atoms with E-state index in [1.54, 1.807) is 6.07 Å². The molecule has 2 aromatic rings. The van der Waals surface area contributed by atoms with Gasteiger partial charge in [-0.05, 0) is 30.7 Å². The molecule has 0 aliphatic carbocycles. The molecule has 132 valence electrons. The highest BCUT2D eigenvalue weighted by molar-refractivity contribution is 5.94. The van der Waals surface area contributed by atoms with Crippen LogP contribution in [0.1, 0.15) is 5.56 Å². The van der Waals surface area contributed by atoms with Crippen LogP contribution in [-0.4, -0.2) is 35.6 Å². The SMILES string of the molecule is Cc1cccc(NC(=O)CNc2cc([N+](=O)[O-])ccc2NCCO)c1. The molecular formula is C17H20N4O4. The highest BCUT2D eigenvalue weighted by atomic mass is 16.6. The lowest BCUT2D eigenvalue weighted by Crippen LogP contribution is -2.22. The largest absolute Gasteiger partial charge is 0.395 e. The maximum Gasteiger partial charge on any atom is 0.271 e. The van der Waals surface area contributed by atoms with Crippen LogP contribution in [0.15, 0.2) is 42.5 Å². The van der Waals surface area contributed by atoms with Crippen molar-refractivity contribution in [2.45, 2.75) is 6.92 Å². The van der Waals surface area contributed by atoms with Gasteiger partial charge in [-0.2, -0.15) is 0 Å². The summed E-state index contributed by atoms with van der Waals surface area (Å²) in [5.41, 5.74) is 2.62. The molecule has 0 heterocycles. The zero-order chi connectivity index (χ0) is 18.2. The Morgan fingerprint density at radius 1 is 1.16 bits per heavy atom. The van der Waals surface area contributed by atoms with E-state index >= 15 is 0 Å². The van der Waals surface area contributed by atoms with E-state index in [1.807, 2.05) is 25.1 Å².